The summed E-state index contributed by atoms with van der Waals surface area (Å²) >= 11 is 0. The van der Waals surface area contributed by atoms with Crippen LogP contribution >= 0.6 is 0 Å². The van der Waals surface area contributed by atoms with E-state index in [9.17, 15) is 5.11 Å². The summed E-state index contributed by atoms with van der Waals surface area (Å²) in [6, 6.07) is 26.3. The average molecular weight is 399 g/mol. The van der Waals surface area contributed by atoms with Crippen molar-refractivity contribution < 1.29 is 9.84 Å². The molecule has 0 unspecified atom stereocenters. The van der Waals surface area contributed by atoms with Crippen LogP contribution in [0.1, 0.15) is 30.0 Å². The first-order valence-electron chi connectivity index (χ1n) is 10.6. The van der Waals surface area contributed by atoms with Gasteiger partial charge in [0.25, 0.3) is 0 Å². The summed E-state index contributed by atoms with van der Waals surface area (Å²) in [6.07, 6.45) is 1.92. The molecule has 0 radical (unpaired) electrons. The van der Waals surface area contributed by atoms with Crippen LogP contribution in [0.5, 0.6) is 11.5 Å². The molecule has 0 aliphatic carbocycles. The smallest absolute Gasteiger partial charge is 0.119 e. The minimum Gasteiger partial charge on any atom is -0.508 e. The average Bonchev–Trinajstić information content (AvgIpc) is 2.79. The zero-order valence-corrected chi connectivity index (χ0v) is 18.1. The maximum absolute atomic E-state index is 9.76. The van der Waals surface area contributed by atoms with Crippen LogP contribution in [0, 0.1) is 0 Å². The number of phenols is 1. The van der Waals surface area contributed by atoms with E-state index in [2.05, 4.69) is 63.1 Å². The number of allylic oxidation sites excluding steroid dienone is 1. The normalized spacial score (nSPS) is 12.0. The van der Waals surface area contributed by atoms with Gasteiger partial charge >= 0.3 is 0 Å². The predicted molar refractivity (Wildman–Crippen MR) is 129 cm³/mol. The number of likely N-dealkylation sites (N-methyl/N-ethyl adjacent to an activating group) is 1. The van der Waals surface area contributed by atoms with Crippen molar-refractivity contribution in [1.29, 1.82) is 0 Å². The molecular weight excluding hydrogens is 369 g/mol. The van der Waals surface area contributed by atoms with Crippen LogP contribution in [-0.4, -0.2) is 44.5 Å². The van der Waals surface area contributed by atoms with Crippen LogP contribution in [0.3, 0.4) is 0 Å². The first kappa shape index (κ1) is 21.7. The second-order valence-corrected chi connectivity index (χ2v) is 7.39. The topological polar surface area (TPSA) is 32.7 Å². The monoisotopic (exact) mass is 399 g/mol. The molecule has 0 bridgehead atoms. The van der Waals surface area contributed by atoms with E-state index in [1.165, 1.54) is 16.7 Å². The van der Waals surface area contributed by atoms with Gasteiger partial charge in [-0.05, 0) is 72.0 Å². The van der Waals surface area contributed by atoms with Gasteiger partial charge in [0.05, 0.1) is 0 Å². The van der Waals surface area contributed by atoms with Crippen LogP contribution < -0.4 is 4.74 Å². The molecule has 1 N–H and O–H groups in total. The fraction of sp³-hybridized carbons (Fsp3) is 0.231. The van der Waals surface area contributed by atoms with Crippen LogP contribution in [0.4, 0.5) is 0 Å². The van der Waals surface area contributed by atoms with Crippen LogP contribution in [0.15, 0.2) is 78.9 Å². The number of hydrogen-bond acceptors (Lipinski definition) is 3. The molecule has 154 valence electrons. The van der Waals surface area contributed by atoms with Gasteiger partial charge in [0.15, 0.2) is 0 Å². The fourth-order valence-electron chi connectivity index (χ4n) is 3.50. The number of aromatic hydroxyl groups is 1. The Morgan fingerprint density at radius 1 is 0.867 bits per heavy atom. The number of nitrogens with zero attached hydrogens (tertiary/aromatic N) is 1. The van der Waals surface area contributed by atoms with Gasteiger partial charge in [0.2, 0.25) is 0 Å². The van der Waals surface area contributed by atoms with E-state index >= 15 is 0 Å². The molecule has 0 aromatic heterocycles. The highest BCUT2D eigenvalue weighted by atomic mass is 16.5. The van der Waals surface area contributed by atoms with Crippen molar-refractivity contribution in [3.63, 3.8) is 0 Å². The molecule has 3 aromatic rings. The van der Waals surface area contributed by atoms with E-state index in [0.29, 0.717) is 6.61 Å². The molecule has 0 saturated carbocycles. The van der Waals surface area contributed by atoms with Gasteiger partial charge in [-0.1, -0.05) is 61.5 Å². The lowest BCUT2D eigenvalue weighted by atomic mass is 9.88. The summed E-state index contributed by atoms with van der Waals surface area (Å²) in [7, 11) is 4.24. The summed E-state index contributed by atoms with van der Waals surface area (Å²) in [6.45, 7) is 3.77. The van der Waals surface area contributed by atoms with E-state index in [1.54, 1.807) is 12.1 Å². The highest BCUT2D eigenvalue weighted by Gasteiger charge is 2.13. The lowest BCUT2D eigenvalue weighted by Gasteiger charge is -2.17. The molecule has 3 nitrogen and oxygen atoms in total. The summed E-state index contributed by atoms with van der Waals surface area (Å²) in [4.78, 5) is 2.23. The molecule has 0 spiro atoms. The third-order valence-electron chi connectivity index (χ3n) is 5.36. The zero-order valence-electron chi connectivity index (χ0n) is 18.1. The SMILES string of the molecule is BCN(C)CCOc1ccc(/C(=C(/CC)c2ccccc2)c2ccc(O)cc2)cc1. The lowest BCUT2D eigenvalue weighted by molar-refractivity contribution is 0.255. The van der Waals surface area contributed by atoms with Crippen molar-refractivity contribution >= 4 is 19.0 Å². The first-order chi connectivity index (χ1) is 14.6. The van der Waals surface area contributed by atoms with Gasteiger partial charge < -0.3 is 14.7 Å². The van der Waals surface area contributed by atoms with Gasteiger partial charge in [-0.15, -0.1) is 0 Å². The molecule has 4 heteroatoms. The molecule has 0 aliphatic heterocycles. The second-order valence-electron chi connectivity index (χ2n) is 7.39. The Bertz CT molecular complexity index is 951. The highest BCUT2D eigenvalue weighted by molar-refractivity contribution is 6.08. The molecule has 0 aliphatic rings. The van der Waals surface area contributed by atoms with Crippen molar-refractivity contribution in [2.24, 2.45) is 0 Å². The Morgan fingerprint density at radius 3 is 2.03 bits per heavy atom. The standard InChI is InChI=1S/C26H30BNO2/c1-3-25(20-7-5-4-6-8-20)26(21-9-13-23(29)14-10-21)22-11-15-24(16-12-22)30-18-17-28(2)19-27/h4-16,29H,3,17-19,27H2,1-2H3/b26-25-. The first-order valence-corrected chi connectivity index (χ1v) is 10.6. The Balaban J connectivity index is 1.97. The Morgan fingerprint density at radius 2 is 1.47 bits per heavy atom. The molecule has 0 amide bonds. The summed E-state index contributed by atoms with van der Waals surface area (Å²) in [5.74, 6) is 1.16. The summed E-state index contributed by atoms with van der Waals surface area (Å²) in [5, 5.41) is 9.76. The third kappa shape index (κ3) is 5.55. The van der Waals surface area contributed by atoms with Gasteiger partial charge in [-0.3, -0.25) is 0 Å². The van der Waals surface area contributed by atoms with Crippen molar-refractivity contribution in [2.75, 3.05) is 26.6 Å². The molecule has 3 rings (SSSR count). The minimum absolute atomic E-state index is 0.275. The molecule has 0 atom stereocenters. The van der Waals surface area contributed by atoms with Gasteiger partial charge in [0.1, 0.15) is 26.0 Å². The van der Waals surface area contributed by atoms with Crippen LogP contribution in [0.2, 0.25) is 0 Å². The Hall–Kier alpha value is -2.98. The number of hydrogen-bond donors (Lipinski definition) is 1. The molecule has 0 saturated heterocycles. The summed E-state index contributed by atoms with van der Waals surface area (Å²) < 4.78 is 5.92. The van der Waals surface area contributed by atoms with E-state index < -0.39 is 0 Å². The van der Waals surface area contributed by atoms with Gasteiger partial charge in [0, 0.05) is 6.54 Å². The number of benzene rings is 3. The van der Waals surface area contributed by atoms with Crippen molar-refractivity contribution in [2.45, 2.75) is 13.3 Å². The lowest BCUT2D eigenvalue weighted by Crippen LogP contribution is -2.25. The van der Waals surface area contributed by atoms with Gasteiger partial charge in [-0.2, -0.15) is 0 Å². The molecule has 0 fully saturated rings. The number of phenolic OH excluding ortho intramolecular Hbond substituents is 1. The number of ether oxygens (including phenoxy) is 1. The van der Waals surface area contributed by atoms with Crippen LogP contribution in [-0.2, 0) is 0 Å². The van der Waals surface area contributed by atoms with Crippen molar-refractivity contribution in [3.05, 3.63) is 95.6 Å². The van der Waals surface area contributed by atoms with E-state index in [0.717, 1.165) is 36.3 Å². The number of rotatable bonds is 9. The van der Waals surface area contributed by atoms with E-state index in [4.69, 9.17) is 4.74 Å². The molecule has 0 heterocycles. The minimum atomic E-state index is 0.275. The van der Waals surface area contributed by atoms with E-state index in [1.807, 2.05) is 30.3 Å². The van der Waals surface area contributed by atoms with Crippen molar-refractivity contribution in [1.82, 2.24) is 4.90 Å². The highest BCUT2D eigenvalue weighted by Crippen LogP contribution is 2.35. The zero-order chi connectivity index (χ0) is 21.3. The van der Waals surface area contributed by atoms with Crippen molar-refractivity contribution in [3.8, 4) is 11.5 Å². The third-order valence-corrected chi connectivity index (χ3v) is 5.36. The molecular formula is C26H30BNO2. The Kier molecular flexibility index (Phi) is 7.75. The summed E-state index contributed by atoms with van der Waals surface area (Å²) in [5.41, 5.74) is 5.90. The Labute approximate surface area is 181 Å². The second kappa shape index (κ2) is 10.7. The fourth-order valence-corrected chi connectivity index (χ4v) is 3.50. The molecule has 3 aromatic carbocycles. The maximum Gasteiger partial charge on any atom is 0.119 e. The molecule has 30 heavy (non-hydrogen) atoms. The quantitative estimate of drug-likeness (QED) is 0.420. The van der Waals surface area contributed by atoms with Gasteiger partial charge in [-0.25, -0.2) is 0 Å². The van der Waals surface area contributed by atoms with Crippen LogP contribution in [0.25, 0.3) is 11.1 Å². The van der Waals surface area contributed by atoms with E-state index in [-0.39, 0.29) is 5.75 Å². The largest absolute Gasteiger partial charge is 0.508 e. The predicted octanol–water partition coefficient (Wildman–Crippen LogP) is 4.66. The maximum atomic E-state index is 9.76.